The fourth-order valence-corrected chi connectivity index (χ4v) is 4.91. The van der Waals surface area contributed by atoms with E-state index in [1.165, 1.54) is 15.6 Å². The maximum Gasteiger partial charge on any atom is 0.270 e. The van der Waals surface area contributed by atoms with Crippen molar-refractivity contribution in [3.63, 3.8) is 0 Å². The molecule has 23 heavy (non-hydrogen) atoms. The Hall–Kier alpha value is -1.03. The number of rotatable bonds is 7. The van der Waals surface area contributed by atoms with Crippen molar-refractivity contribution in [1.82, 2.24) is 14.6 Å². The predicted molar refractivity (Wildman–Crippen MR) is 91.0 cm³/mol. The summed E-state index contributed by atoms with van der Waals surface area (Å²) in [4.78, 5) is 16.4. The summed E-state index contributed by atoms with van der Waals surface area (Å²) in [5.74, 6) is -0.00774. The van der Waals surface area contributed by atoms with Crippen LogP contribution in [0.4, 0.5) is 0 Å². The van der Waals surface area contributed by atoms with Crippen LogP contribution in [0.25, 0.3) is 0 Å². The van der Waals surface area contributed by atoms with E-state index in [1.54, 1.807) is 5.38 Å². The molecule has 130 valence electrons. The van der Waals surface area contributed by atoms with E-state index in [-0.39, 0.29) is 17.7 Å². The summed E-state index contributed by atoms with van der Waals surface area (Å²) >= 11 is 1.43. The van der Waals surface area contributed by atoms with Gasteiger partial charge in [-0.15, -0.1) is 11.3 Å². The number of piperidine rings is 1. The molecule has 0 bridgehead atoms. The van der Waals surface area contributed by atoms with Crippen LogP contribution in [0.3, 0.4) is 0 Å². The zero-order valence-electron chi connectivity index (χ0n) is 13.3. The molecule has 7 nitrogen and oxygen atoms in total. The minimum Gasteiger partial charge on any atom is -0.348 e. The molecule has 1 aliphatic heterocycles. The van der Waals surface area contributed by atoms with Gasteiger partial charge < -0.3 is 11.1 Å². The van der Waals surface area contributed by atoms with E-state index in [4.69, 9.17) is 5.73 Å². The molecule has 0 radical (unpaired) electrons. The lowest BCUT2D eigenvalue weighted by Gasteiger charge is -2.31. The van der Waals surface area contributed by atoms with Gasteiger partial charge in [0.05, 0.1) is 10.8 Å². The van der Waals surface area contributed by atoms with Crippen LogP contribution in [0.5, 0.6) is 0 Å². The van der Waals surface area contributed by atoms with E-state index in [2.05, 4.69) is 10.3 Å². The Balaban J connectivity index is 1.85. The van der Waals surface area contributed by atoms with Gasteiger partial charge in [-0.1, -0.05) is 6.92 Å². The van der Waals surface area contributed by atoms with Crippen molar-refractivity contribution in [1.29, 1.82) is 0 Å². The second kappa shape index (κ2) is 8.18. The Morgan fingerprint density at radius 2 is 2.17 bits per heavy atom. The topological polar surface area (TPSA) is 105 Å². The molecule has 1 saturated heterocycles. The third-order valence-electron chi connectivity index (χ3n) is 3.79. The number of carbonyl (C=O) groups is 1. The monoisotopic (exact) mass is 360 g/mol. The Labute approximate surface area is 141 Å². The summed E-state index contributed by atoms with van der Waals surface area (Å²) < 4.78 is 25.6. The van der Waals surface area contributed by atoms with Crippen molar-refractivity contribution in [3.8, 4) is 0 Å². The summed E-state index contributed by atoms with van der Waals surface area (Å²) in [6.07, 6.45) is 2.56. The van der Waals surface area contributed by atoms with Gasteiger partial charge in [-0.25, -0.2) is 17.7 Å². The van der Waals surface area contributed by atoms with Crippen molar-refractivity contribution in [3.05, 3.63) is 16.1 Å². The molecule has 1 aliphatic rings. The van der Waals surface area contributed by atoms with Gasteiger partial charge in [0.2, 0.25) is 10.0 Å². The van der Waals surface area contributed by atoms with Crippen LogP contribution < -0.4 is 11.1 Å². The zero-order valence-corrected chi connectivity index (χ0v) is 15.0. The maximum atomic E-state index is 12.2. The van der Waals surface area contributed by atoms with Crippen molar-refractivity contribution in [2.24, 2.45) is 5.73 Å². The largest absolute Gasteiger partial charge is 0.348 e. The zero-order chi connectivity index (χ0) is 16.9. The summed E-state index contributed by atoms with van der Waals surface area (Å²) in [7, 11) is -3.14. The maximum absolute atomic E-state index is 12.2. The van der Waals surface area contributed by atoms with Crippen LogP contribution in [0.15, 0.2) is 5.38 Å². The number of nitrogens with zero attached hydrogens (tertiary/aromatic N) is 2. The summed E-state index contributed by atoms with van der Waals surface area (Å²) in [5.41, 5.74) is 5.89. The van der Waals surface area contributed by atoms with Gasteiger partial charge in [0.25, 0.3) is 5.91 Å². The molecular formula is C14H24N4O3S2. The van der Waals surface area contributed by atoms with Gasteiger partial charge >= 0.3 is 0 Å². The molecule has 3 N–H and O–H groups in total. The van der Waals surface area contributed by atoms with Crippen molar-refractivity contribution < 1.29 is 13.2 Å². The molecule has 1 aromatic heterocycles. The highest BCUT2D eigenvalue weighted by atomic mass is 32.2. The second-order valence-electron chi connectivity index (χ2n) is 5.63. The third-order valence-corrected chi connectivity index (χ3v) is 6.77. The van der Waals surface area contributed by atoms with Crippen LogP contribution in [0.2, 0.25) is 0 Å². The summed E-state index contributed by atoms with van der Waals surface area (Å²) in [6, 6.07) is -0.00441. The number of aromatic nitrogens is 1. The third kappa shape index (κ3) is 4.97. The highest BCUT2D eigenvalue weighted by Crippen LogP contribution is 2.16. The van der Waals surface area contributed by atoms with Gasteiger partial charge in [0, 0.05) is 30.9 Å². The van der Waals surface area contributed by atoms with Gasteiger partial charge in [0.15, 0.2) is 0 Å². The fraction of sp³-hybridized carbons (Fsp3) is 0.714. The quantitative estimate of drug-likeness (QED) is 0.740. The normalized spacial score (nSPS) is 17.3. The first-order valence-electron chi connectivity index (χ1n) is 7.89. The summed E-state index contributed by atoms with van der Waals surface area (Å²) in [6.45, 7) is 3.29. The van der Waals surface area contributed by atoms with Gasteiger partial charge in [-0.2, -0.15) is 0 Å². The molecule has 1 amide bonds. The SMILES string of the molecule is CCCS(=O)(=O)N1CCC(NC(=O)c2csc(CCN)n2)CC1. The first-order chi connectivity index (χ1) is 11.0. The van der Waals surface area contributed by atoms with E-state index < -0.39 is 10.0 Å². The molecule has 0 saturated carbocycles. The van der Waals surface area contributed by atoms with Gasteiger partial charge in [-0.05, 0) is 25.8 Å². The number of nitrogens with two attached hydrogens (primary N) is 1. The number of thiazole rings is 1. The molecule has 2 heterocycles. The lowest BCUT2D eigenvalue weighted by Crippen LogP contribution is -2.47. The van der Waals surface area contributed by atoms with Crippen LogP contribution in [0.1, 0.15) is 41.7 Å². The molecular weight excluding hydrogens is 336 g/mol. The molecule has 0 aromatic carbocycles. The van der Waals surface area contributed by atoms with E-state index >= 15 is 0 Å². The molecule has 1 fully saturated rings. The number of nitrogens with one attached hydrogen (secondary N) is 1. The second-order valence-corrected chi connectivity index (χ2v) is 8.66. The minimum absolute atomic E-state index is 0.00441. The van der Waals surface area contributed by atoms with Crippen LogP contribution in [0, 0.1) is 0 Å². The number of hydrogen-bond donors (Lipinski definition) is 2. The Bertz CT molecular complexity index is 622. The average Bonchev–Trinajstić information content (AvgIpc) is 2.97. The molecule has 0 aliphatic carbocycles. The molecule has 0 atom stereocenters. The van der Waals surface area contributed by atoms with Crippen LogP contribution >= 0.6 is 11.3 Å². The number of carbonyl (C=O) groups excluding carboxylic acids is 1. The van der Waals surface area contributed by atoms with Crippen molar-refractivity contribution in [2.75, 3.05) is 25.4 Å². The highest BCUT2D eigenvalue weighted by Gasteiger charge is 2.28. The number of sulfonamides is 1. The lowest BCUT2D eigenvalue weighted by atomic mass is 10.1. The highest BCUT2D eigenvalue weighted by molar-refractivity contribution is 7.89. The smallest absolute Gasteiger partial charge is 0.270 e. The lowest BCUT2D eigenvalue weighted by molar-refractivity contribution is 0.0919. The van der Waals surface area contributed by atoms with Crippen molar-refractivity contribution >= 4 is 27.3 Å². The van der Waals surface area contributed by atoms with Crippen LogP contribution in [-0.2, 0) is 16.4 Å². The Morgan fingerprint density at radius 3 is 2.78 bits per heavy atom. The fourth-order valence-electron chi connectivity index (χ4n) is 2.58. The summed E-state index contributed by atoms with van der Waals surface area (Å²) in [5, 5.41) is 5.54. The molecule has 9 heteroatoms. The average molecular weight is 361 g/mol. The number of hydrogen-bond acceptors (Lipinski definition) is 6. The van der Waals surface area contributed by atoms with E-state index in [0.717, 1.165) is 5.01 Å². The van der Waals surface area contributed by atoms with E-state index in [1.807, 2.05) is 6.92 Å². The minimum atomic E-state index is -3.14. The Kier molecular flexibility index (Phi) is 6.51. The van der Waals surface area contributed by atoms with Gasteiger partial charge in [-0.3, -0.25) is 4.79 Å². The molecule has 0 spiro atoms. The molecule has 2 rings (SSSR count). The van der Waals surface area contributed by atoms with Gasteiger partial charge in [0.1, 0.15) is 5.69 Å². The molecule has 0 unspecified atom stereocenters. The Morgan fingerprint density at radius 1 is 1.48 bits per heavy atom. The van der Waals surface area contributed by atoms with E-state index in [9.17, 15) is 13.2 Å². The van der Waals surface area contributed by atoms with Crippen molar-refractivity contribution in [2.45, 2.75) is 38.6 Å². The number of amides is 1. The first kappa shape index (κ1) is 18.3. The van der Waals surface area contributed by atoms with E-state index in [0.29, 0.717) is 51.0 Å². The van der Waals surface area contributed by atoms with Crippen LogP contribution in [-0.4, -0.2) is 55.0 Å². The predicted octanol–water partition coefficient (Wildman–Crippen LogP) is 0.578. The standard InChI is InChI=1S/C14H24N4O3S2/c1-2-9-23(20,21)18-7-4-11(5-8-18)16-14(19)12-10-22-13(17-12)3-6-15/h10-11H,2-9,15H2,1H3,(H,16,19). The first-order valence-corrected chi connectivity index (χ1v) is 10.4. The molecule has 1 aromatic rings.